The van der Waals surface area contributed by atoms with Crippen LogP contribution in [0, 0.1) is 11.6 Å². The molecule has 0 aliphatic rings. The SMILES string of the molecule is CCN(c1c(F)cc(C(N)=NO)cc1F)C(C)COC. The summed E-state index contributed by atoms with van der Waals surface area (Å²) in [5.74, 6) is -1.88. The molecule has 1 aromatic rings. The van der Waals surface area contributed by atoms with E-state index in [-0.39, 0.29) is 23.1 Å². The van der Waals surface area contributed by atoms with Crippen LogP contribution >= 0.6 is 0 Å². The van der Waals surface area contributed by atoms with Crippen molar-refractivity contribution in [3.05, 3.63) is 29.3 Å². The van der Waals surface area contributed by atoms with Gasteiger partial charge in [-0.3, -0.25) is 0 Å². The molecule has 3 N–H and O–H groups in total. The van der Waals surface area contributed by atoms with Crippen LogP contribution in [-0.2, 0) is 4.74 Å². The Bertz CT molecular complexity index is 471. The normalized spacial score (nSPS) is 13.3. The fraction of sp³-hybridized carbons (Fsp3) is 0.462. The second-order valence-electron chi connectivity index (χ2n) is 4.36. The van der Waals surface area contributed by atoms with Crippen LogP contribution < -0.4 is 10.6 Å². The summed E-state index contributed by atoms with van der Waals surface area (Å²) < 4.78 is 33.3. The van der Waals surface area contributed by atoms with Gasteiger partial charge in [0.25, 0.3) is 0 Å². The highest BCUT2D eigenvalue weighted by atomic mass is 19.1. The summed E-state index contributed by atoms with van der Waals surface area (Å²) in [6.07, 6.45) is 0. The Balaban J connectivity index is 3.24. The van der Waals surface area contributed by atoms with Crippen molar-refractivity contribution < 1.29 is 18.7 Å². The van der Waals surface area contributed by atoms with Crippen molar-refractivity contribution in [1.82, 2.24) is 0 Å². The van der Waals surface area contributed by atoms with E-state index in [1.54, 1.807) is 11.8 Å². The Morgan fingerprint density at radius 3 is 2.40 bits per heavy atom. The largest absolute Gasteiger partial charge is 0.409 e. The van der Waals surface area contributed by atoms with Crippen molar-refractivity contribution in [2.45, 2.75) is 19.9 Å². The molecule has 0 aliphatic heterocycles. The molecule has 1 unspecified atom stereocenters. The first-order valence-corrected chi connectivity index (χ1v) is 6.18. The highest BCUT2D eigenvalue weighted by Gasteiger charge is 2.22. The van der Waals surface area contributed by atoms with Gasteiger partial charge in [-0.05, 0) is 26.0 Å². The number of benzene rings is 1. The second-order valence-corrected chi connectivity index (χ2v) is 4.36. The van der Waals surface area contributed by atoms with Gasteiger partial charge >= 0.3 is 0 Å². The molecule has 0 saturated carbocycles. The topological polar surface area (TPSA) is 71.1 Å². The molecule has 0 aliphatic carbocycles. The predicted octanol–water partition coefficient (Wildman–Crippen LogP) is 1.92. The van der Waals surface area contributed by atoms with Crippen LogP contribution in [0.3, 0.4) is 0 Å². The van der Waals surface area contributed by atoms with E-state index in [1.807, 2.05) is 6.92 Å². The van der Waals surface area contributed by atoms with Crippen LogP contribution in [0.5, 0.6) is 0 Å². The summed E-state index contributed by atoms with van der Waals surface area (Å²) in [5.41, 5.74) is 5.17. The van der Waals surface area contributed by atoms with Gasteiger partial charge in [0, 0.05) is 25.3 Å². The van der Waals surface area contributed by atoms with Crippen LogP contribution in [-0.4, -0.2) is 37.3 Å². The minimum Gasteiger partial charge on any atom is -0.409 e. The van der Waals surface area contributed by atoms with Gasteiger partial charge in [-0.25, -0.2) is 8.78 Å². The van der Waals surface area contributed by atoms with Crippen LogP contribution in [0.1, 0.15) is 19.4 Å². The molecule has 0 aromatic heterocycles. The Labute approximate surface area is 116 Å². The predicted molar refractivity (Wildman–Crippen MR) is 73.2 cm³/mol. The summed E-state index contributed by atoms with van der Waals surface area (Å²) in [5, 5.41) is 11.3. The fourth-order valence-corrected chi connectivity index (χ4v) is 2.07. The van der Waals surface area contributed by atoms with Crippen molar-refractivity contribution in [3.63, 3.8) is 0 Å². The van der Waals surface area contributed by atoms with E-state index < -0.39 is 11.6 Å². The maximum absolute atomic E-state index is 14.1. The maximum Gasteiger partial charge on any atom is 0.170 e. The van der Waals surface area contributed by atoms with Crippen molar-refractivity contribution in [2.75, 3.05) is 25.2 Å². The highest BCUT2D eigenvalue weighted by Crippen LogP contribution is 2.26. The van der Waals surface area contributed by atoms with Gasteiger partial charge in [-0.15, -0.1) is 0 Å². The van der Waals surface area contributed by atoms with Crippen LogP contribution in [0.4, 0.5) is 14.5 Å². The molecule has 112 valence electrons. The lowest BCUT2D eigenvalue weighted by Gasteiger charge is -2.30. The Morgan fingerprint density at radius 2 is 2.00 bits per heavy atom. The molecule has 0 bridgehead atoms. The van der Waals surface area contributed by atoms with Gasteiger partial charge in [0.1, 0.15) is 17.3 Å². The van der Waals surface area contributed by atoms with E-state index >= 15 is 0 Å². The molecule has 0 saturated heterocycles. The van der Waals surface area contributed by atoms with E-state index in [4.69, 9.17) is 15.7 Å². The smallest absolute Gasteiger partial charge is 0.170 e. The maximum atomic E-state index is 14.1. The summed E-state index contributed by atoms with van der Waals surface area (Å²) in [7, 11) is 1.53. The number of nitrogens with two attached hydrogens (primary N) is 1. The lowest BCUT2D eigenvalue weighted by Crippen LogP contribution is -2.37. The molecule has 0 heterocycles. The van der Waals surface area contributed by atoms with Gasteiger partial charge < -0.3 is 20.6 Å². The zero-order valence-electron chi connectivity index (χ0n) is 11.7. The third kappa shape index (κ3) is 3.36. The van der Waals surface area contributed by atoms with Gasteiger partial charge in [0.15, 0.2) is 5.84 Å². The zero-order chi connectivity index (χ0) is 15.3. The zero-order valence-corrected chi connectivity index (χ0v) is 11.7. The number of anilines is 1. The summed E-state index contributed by atoms with van der Waals surface area (Å²) >= 11 is 0. The number of rotatable bonds is 6. The molecule has 0 spiro atoms. The van der Waals surface area contributed by atoms with E-state index in [9.17, 15) is 8.78 Å². The van der Waals surface area contributed by atoms with Crippen molar-refractivity contribution in [2.24, 2.45) is 10.9 Å². The summed E-state index contributed by atoms with van der Waals surface area (Å²) in [6, 6.07) is 1.88. The van der Waals surface area contributed by atoms with E-state index in [2.05, 4.69) is 5.16 Å². The monoisotopic (exact) mass is 287 g/mol. The number of oxime groups is 1. The molecular formula is C13H19F2N3O2. The third-order valence-corrected chi connectivity index (χ3v) is 2.99. The van der Waals surface area contributed by atoms with Gasteiger partial charge in [0.05, 0.1) is 6.61 Å². The van der Waals surface area contributed by atoms with Crippen molar-refractivity contribution in [3.8, 4) is 0 Å². The average molecular weight is 287 g/mol. The van der Waals surface area contributed by atoms with Gasteiger partial charge in [0.2, 0.25) is 0 Å². The Morgan fingerprint density at radius 1 is 1.45 bits per heavy atom. The minimum absolute atomic E-state index is 0.0123. The number of hydrogen-bond donors (Lipinski definition) is 2. The molecule has 1 aromatic carbocycles. The van der Waals surface area contributed by atoms with E-state index in [0.29, 0.717) is 13.2 Å². The number of likely N-dealkylation sites (N-methyl/N-ethyl adjacent to an activating group) is 1. The quantitative estimate of drug-likeness (QED) is 0.363. The number of nitrogens with zero attached hydrogens (tertiary/aromatic N) is 2. The standard InChI is InChI=1S/C13H19F2N3O2/c1-4-18(8(2)7-20-3)12-10(14)5-9(6-11(12)15)13(16)17-19/h5-6,8,19H,4,7H2,1-3H3,(H2,16,17). The van der Waals surface area contributed by atoms with Gasteiger partial charge in [-0.1, -0.05) is 5.16 Å². The molecule has 5 nitrogen and oxygen atoms in total. The Kier molecular flexibility index (Phi) is 5.69. The first-order chi connectivity index (χ1) is 9.46. The van der Waals surface area contributed by atoms with Crippen molar-refractivity contribution in [1.29, 1.82) is 0 Å². The molecule has 0 radical (unpaired) electrons. The Hall–Kier alpha value is -1.89. The average Bonchev–Trinajstić information content (AvgIpc) is 2.41. The van der Waals surface area contributed by atoms with E-state index in [1.165, 1.54) is 7.11 Å². The first kappa shape index (κ1) is 16.2. The van der Waals surface area contributed by atoms with Gasteiger partial charge in [-0.2, -0.15) is 0 Å². The number of halogens is 2. The molecule has 7 heteroatoms. The molecular weight excluding hydrogens is 268 g/mol. The van der Waals surface area contributed by atoms with Crippen LogP contribution in [0.15, 0.2) is 17.3 Å². The fourth-order valence-electron chi connectivity index (χ4n) is 2.07. The molecule has 1 atom stereocenters. The summed E-state index contributed by atoms with van der Waals surface area (Å²) in [4.78, 5) is 1.56. The first-order valence-electron chi connectivity index (χ1n) is 6.18. The molecule has 20 heavy (non-hydrogen) atoms. The molecule has 1 rings (SSSR count). The third-order valence-electron chi connectivity index (χ3n) is 2.99. The molecule has 0 fully saturated rings. The second kappa shape index (κ2) is 7.04. The lowest BCUT2D eigenvalue weighted by atomic mass is 10.1. The molecule has 0 amide bonds. The number of methoxy groups -OCH3 is 1. The minimum atomic E-state index is -0.767. The van der Waals surface area contributed by atoms with Crippen molar-refractivity contribution >= 4 is 11.5 Å². The van der Waals surface area contributed by atoms with Crippen LogP contribution in [0.2, 0.25) is 0 Å². The summed E-state index contributed by atoms with van der Waals surface area (Å²) in [6.45, 7) is 4.36. The van der Waals surface area contributed by atoms with Crippen LogP contribution in [0.25, 0.3) is 0 Å². The lowest BCUT2D eigenvalue weighted by molar-refractivity contribution is 0.181. The number of hydrogen-bond acceptors (Lipinski definition) is 4. The highest BCUT2D eigenvalue weighted by molar-refractivity contribution is 5.97. The number of ether oxygens (including phenoxy) is 1. The number of amidine groups is 1. The van der Waals surface area contributed by atoms with E-state index in [0.717, 1.165) is 12.1 Å².